The van der Waals surface area contributed by atoms with Crippen molar-refractivity contribution >= 4 is 21.5 Å². The first-order valence-corrected chi connectivity index (χ1v) is 7.09. The van der Waals surface area contributed by atoms with E-state index in [1.165, 1.54) is 14.1 Å². The number of H-pyrrole nitrogens is 1. The standard InChI is InChI=1S/C9H14N6O3S/c1-14(2)19(17,18)6-5-10-7-3-4-8-11-12-9(16)15(8)13-7/h3-4H,5-6H2,1-2H3,(H,10,13)(H,12,16). The van der Waals surface area contributed by atoms with Crippen molar-refractivity contribution in [3.05, 3.63) is 22.6 Å². The predicted molar refractivity (Wildman–Crippen MR) is 69.6 cm³/mol. The lowest BCUT2D eigenvalue weighted by Crippen LogP contribution is -2.28. The Balaban J connectivity index is 2.06. The van der Waals surface area contributed by atoms with E-state index in [1.54, 1.807) is 12.1 Å². The van der Waals surface area contributed by atoms with E-state index in [1.807, 2.05) is 0 Å². The van der Waals surface area contributed by atoms with E-state index in [2.05, 4.69) is 20.6 Å². The Bertz CT molecular complexity index is 732. The highest BCUT2D eigenvalue weighted by atomic mass is 32.2. The van der Waals surface area contributed by atoms with Gasteiger partial charge in [-0.3, -0.25) is 0 Å². The molecule has 2 aromatic heterocycles. The molecular weight excluding hydrogens is 272 g/mol. The highest BCUT2D eigenvalue weighted by molar-refractivity contribution is 7.89. The van der Waals surface area contributed by atoms with Crippen LogP contribution in [0.1, 0.15) is 0 Å². The molecule has 0 amide bonds. The maximum atomic E-state index is 11.5. The van der Waals surface area contributed by atoms with Gasteiger partial charge in [-0.25, -0.2) is 22.6 Å². The molecule has 0 atom stereocenters. The van der Waals surface area contributed by atoms with Crippen LogP contribution in [0, 0.1) is 0 Å². The fraction of sp³-hybridized carbons (Fsp3) is 0.444. The minimum absolute atomic E-state index is 0.0556. The highest BCUT2D eigenvalue weighted by Gasteiger charge is 2.12. The molecule has 2 heterocycles. The van der Waals surface area contributed by atoms with Crippen LogP contribution in [0.2, 0.25) is 0 Å². The first-order chi connectivity index (χ1) is 8.90. The molecule has 2 N–H and O–H groups in total. The second kappa shape index (κ2) is 4.97. The Labute approximate surface area is 109 Å². The quantitative estimate of drug-likeness (QED) is 0.708. The summed E-state index contributed by atoms with van der Waals surface area (Å²) in [6.45, 7) is 0.200. The Kier molecular flexibility index (Phi) is 3.53. The molecule has 0 aliphatic carbocycles. The summed E-state index contributed by atoms with van der Waals surface area (Å²) in [6, 6.07) is 3.23. The zero-order valence-corrected chi connectivity index (χ0v) is 11.3. The number of hydrogen-bond acceptors (Lipinski definition) is 6. The van der Waals surface area contributed by atoms with E-state index in [0.29, 0.717) is 11.5 Å². The van der Waals surface area contributed by atoms with Crippen LogP contribution in [-0.4, -0.2) is 58.9 Å². The van der Waals surface area contributed by atoms with Gasteiger partial charge in [-0.1, -0.05) is 0 Å². The second-order valence-electron chi connectivity index (χ2n) is 4.04. The molecule has 2 rings (SSSR count). The van der Waals surface area contributed by atoms with Gasteiger partial charge in [0.05, 0.1) is 5.75 Å². The van der Waals surface area contributed by atoms with Crippen molar-refractivity contribution in [1.82, 2.24) is 24.1 Å². The minimum atomic E-state index is -3.25. The molecule has 0 spiro atoms. The fourth-order valence-electron chi connectivity index (χ4n) is 1.39. The molecule has 0 aliphatic heterocycles. The normalized spacial score (nSPS) is 12.2. The molecule has 2 aromatic rings. The van der Waals surface area contributed by atoms with Gasteiger partial charge in [0.25, 0.3) is 0 Å². The Morgan fingerprint density at radius 3 is 2.84 bits per heavy atom. The predicted octanol–water partition coefficient (Wildman–Crippen LogP) is -1.28. The third kappa shape index (κ3) is 2.90. The molecule has 0 unspecified atom stereocenters. The van der Waals surface area contributed by atoms with E-state index < -0.39 is 15.7 Å². The monoisotopic (exact) mass is 286 g/mol. The van der Waals surface area contributed by atoms with E-state index in [-0.39, 0.29) is 12.3 Å². The van der Waals surface area contributed by atoms with Gasteiger partial charge >= 0.3 is 5.69 Å². The first-order valence-electron chi connectivity index (χ1n) is 5.49. The largest absolute Gasteiger partial charge is 0.368 e. The van der Waals surface area contributed by atoms with Gasteiger partial charge in [0.1, 0.15) is 5.82 Å². The summed E-state index contributed by atoms with van der Waals surface area (Å²) in [7, 11) is -0.298. The van der Waals surface area contributed by atoms with Crippen LogP contribution in [0.3, 0.4) is 0 Å². The number of rotatable bonds is 5. The number of hydrogen-bond donors (Lipinski definition) is 2. The third-order valence-corrected chi connectivity index (χ3v) is 4.33. The van der Waals surface area contributed by atoms with Crippen molar-refractivity contribution in [3.8, 4) is 0 Å². The SMILES string of the molecule is CN(C)S(=O)(=O)CCNc1ccc2n[nH]c(=O)n2n1. The van der Waals surface area contributed by atoms with E-state index in [4.69, 9.17) is 0 Å². The van der Waals surface area contributed by atoms with E-state index in [9.17, 15) is 13.2 Å². The number of fused-ring (bicyclic) bond motifs is 1. The van der Waals surface area contributed by atoms with Gasteiger partial charge < -0.3 is 5.32 Å². The summed E-state index contributed by atoms with van der Waals surface area (Å²) in [5, 5.41) is 12.8. The van der Waals surface area contributed by atoms with Gasteiger partial charge in [-0.15, -0.1) is 5.10 Å². The van der Waals surface area contributed by atoms with E-state index in [0.717, 1.165) is 8.82 Å². The molecular formula is C9H14N6O3S. The lowest BCUT2D eigenvalue weighted by Gasteiger charge is -2.11. The molecule has 104 valence electrons. The summed E-state index contributed by atoms with van der Waals surface area (Å²) in [4.78, 5) is 11.3. The summed E-state index contributed by atoms with van der Waals surface area (Å²) < 4.78 is 25.3. The average molecular weight is 286 g/mol. The lowest BCUT2D eigenvalue weighted by molar-refractivity contribution is 0.521. The minimum Gasteiger partial charge on any atom is -0.368 e. The molecule has 0 aromatic carbocycles. The molecule has 0 radical (unpaired) electrons. The van der Waals surface area contributed by atoms with Crippen LogP contribution < -0.4 is 11.0 Å². The first kappa shape index (κ1) is 13.5. The van der Waals surface area contributed by atoms with Gasteiger partial charge in [0, 0.05) is 20.6 Å². The zero-order valence-electron chi connectivity index (χ0n) is 10.5. The van der Waals surface area contributed by atoms with Crippen molar-refractivity contribution < 1.29 is 8.42 Å². The lowest BCUT2D eigenvalue weighted by atomic mass is 10.5. The summed E-state index contributed by atoms with van der Waals surface area (Å²) in [5.41, 5.74) is -0.0453. The van der Waals surface area contributed by atoms with Crippen LogP contribution >= 0.6 is 0 Å². The number of anilines is 1. The summed E-state index contributed by atoms with van der Waals surface area (Å²) in [5.74, 6) is 0.352. The van der Waals surface area contributed by atoms with Crippen LogP contribution in [0.4, 0.5) is 5.82 Å². The number of nitrogens with zero attached hydrogens (tertiary/aromatic N) is 4. The molecule has 0 saturated carbocycles. The second-order valence-corrected chi connectivity index (χ2v) is 6.34. The van der Waals surface area contributed by atoms with Crippen molar-refractivity contribution in [2.45, 2.75) is 0 Å². The van der Waals surface area contributed by atoms with Crippen molar-refractivity contribution in [3.63, 3.8) is 0 Å². The highest BCUT2D eigenvalue weighted by Crippen LogP contribution is 2.03. The maximum absolute atomic E-state index is 11.5. The summed E-state index contributed by atoms with van der Waals surface area (Å²) >= 11 is 0. The number of aromatic nitrogens is 4. The van der Waals surface area contributed by atoms with Gasteiger partial charge in [0.15, 0.2) is 5.65 Å². The average Bonchev–Trinajstić information content (AvgIpc) is 2.71. The Hall–Kier alpha value is -1.94. The zero-order chi connectivity index (χ0) is 14.0. The van der Waals surface area contributed by atoms with Gasteiger partial charge in [0.2, 0.25) is 10.0 Å². The molecule has 0 saturated heterocycles. The third-order valence-electron chi connectivity index (χ3n) is 2.50. The number of sulfonamides is 1. The van der Waals surface area contributed by atoms with Crippen molar-refractivity contribution in [2.24, 2.45) is 0 Å². The maximum Gasteiger partial charge on any atom is 0.364 e. The topological polar surface area (TPSA) is 112 Å². The molecule has 9 nitrogen and oxygen atoms in total. The van der Waals surface area contributed by atoms with E-state index >= 15 is 0 Å². The molecule has 10 heteroatoms. The van der Waals surface area contributed by atoms with Gasteiger partial charge in [-0.2, -0.15) is 9.61 Å². The summed E-state index contributed by atoms with van der Waals surface area (Å²) in [6.07, 6.45) is 0. The molecule has 19 heavy (non-hydrogen) atoms. The number of aromatic amines is 1. The van der Waals surface area contributed by atoms with Crippen LogP contribution in [-0.2, 0) is 10.0 Å². The Morgan fingerprint density at radius 1 is 1.42 bits per heavy atom. The van der Waals surface area contributed by atoms with Crippen LogP contribution in [0.15, 0.2) is 16.9 Å². The van der Waals surface area contributed by atoms with Crippen molar-refractivity contribution in [2.75, 3.05) is 31.7 Å². The Morgan fingerprint density at radius 2 is 2.16 bits per heavy atom. The molecule has 0 fully saturated rings. The van der Waals surface area contributed by atoms with Crippen LogP contribution in [0.25, 0.3) is 5.65 Å². The van der Waals surface area contributed by atoms with Crippen LogP contribution in [0.5, 0.6) is 0 Å². The molecule has 0 aliphatic rings. The number of nitrogens with one attached hydrogen (secondary N) is 2. The van der Waals surface area contributed by atoms with Gasteiger partial charge in [-0.05, 0) is 12.1 Å². The smallest absolute Gasteiger partial charge is 0.364 e. The van der Waals surface area contributed by atoms with Crippen molar-refractivity contribution in [1.29, 1.82) is 0 Å². The fourth-order valence-corrected chi connectivity index (χ4v) is 2.11. The molecule has 0 bridgehead atoms.